The van der Waals surface area contributed by atoms with E-state index in [1.165, 1.54) is 18.2 Å². The van der Waals surface area contributed by atoms with Crippen molar-refractivity contribution in [2.45, 2.75) is 26.4 Å². The zero-order valence-electron chi connectivity index (χ0n) is 13.4. The normalized spacial score (nSPS) is 14.0. The van der Waals surface area contributed by atoms with Crippen LogP contribution in [-0.4, -0.2) is 17.6 Å². The lowest BCUT2D eigenvalue weighted by atomic mass is 9.96. The van der Waals surface area contributed by atoms with Gasteiger partial charge in [0, 0.05) is 11.6 Å². The van der Waals surface area contributed by atoms with Crippen LogP contribution in [0.4, 0.5) is 4.39 Å². The first-order valence-electron chi connectivity index (χ1n) is 7.29. The molecule has 1 aromatic carbocycles. The van der Waals surface area contributed by atoms with Crippen LogP contribution in [-0.2, 0) is 10.4 Å². The summed E-state index contributed by atoms with van der Waals surface area (Å²) in [6.45, 7) is 5.25. The first kappa shape index (κ1) is 17.0. The molecule has 2 aromatic rings. The van der Waals surface area contributed by atoms with Gasteiger partial charge in [0.15, 0.2) is 0 Å². The van der Waals surface area contributed by atoms with E-state index in [0.29, 0.717) is 17.1 Å². The largest absolute Gasteiger partial charge is 0.466 e. The Morgan fingerprint density at radius 2 is 2.00 bits per heavy atom. The van der Waals surface area contributed by atoms with Gasteiger partial charge < -0.3 is 14.8 Å². The quantitative estimate of drug-likeness (QED) is 0.833. The molecule has 0 radical (unpaired) electrons. The monoisotopic (exact) mass is 317 g/mol. The first-order valence-corrected chi connectivity index (χ1v) is 7.29. The van der Waals surface area contributed by atoms with Crippen molar-refractivity contribution in [3.8, 4) is 0 Å². The van der Waals surface area contributed by atoms with Crippen molar-refractivity contribution in [1.82, 2.24) is 5.32 Å². The van der Waals surface area contributed by atoms with Crippen molar-refractivity contribution in [3.05, 3.63) is 64.9 Å². The highest BCUT2D eigenvalue weighted by Crippen LogP contribution is 2.26. The summed E-state index contributed by atoms with van der Waals surface area (Å²) in [4.78, 5) is 11.8. The number of aliphatic hydroxyl groups is 1. The molecule has 0 aliphatic heterocycles. The molecular formula is C18H20FNO3. The molecule has 0 bridgehead atoms. The molecule has 5 heteroatoms. The molecule has 0 saturated heterocycles. The molecule has 0 aliphatic carbocycles. The minimum absolute atomic E-state index is 0.0550. The fourth-order valence-corrected chi connectivity index (χ4v) is 2.32. The maximum absolute atomic E-state index is 12.8. The zero-order chi connectivity index (χ0) is 17.0. The van der Waals surface area contributed by atoms with Gasteiger partial charge in [-0.1, -0.05) is 12.1 Å². The minimum Gasteiger partial charge on any atom is -0.466 e. The number of carbonyl (C=O) groups excluding carboxylic acids is 1. The average Bonchev–Trinajstić information content (AvgIpc) is 2.84. The molecule has 2 rings (SSSR count). The van der Waals surface area contributed by atoms with Crippen LogP contribution in [0.5, 0.6) is 0 Å². The second-order valence-electron chi connectivity index (χ2n) is 5.70. The summed E-state index contributed by atoms with van der Waals surface area (Å²) in [5, 5.41) is 13.2. The van der Waals surface area contributed by atoms with Gasteiger partial charge in [-0.05, 0) is 50.6 Å². The fourth-order valence-electron chi connectivity index (χ4n) is 2.32. The van der Waals surface area contributed by atoms with Crippen molar-refractivity contribution >= 4 is 12.0 Å². The Morgan fingerprint density at radius 1 is 1.35 bits per heavy atom. The highest BCUT2D eigenvalue weighted by molar-refractivity contribution is 5.91. The van der Waals surface area contributed by atoms with Crippen LogP contribution in [0.3, 0.4) is 0 Å². The Kier molecular flexibility index (Phi) is 5.01. The van der Waals surface area contributed by atoms with Crippen LogP contribution in [0.15, 0.2) is 40.8 Å². The SMILES string of the molecule is Cc1cc(C(C)(O)CNC(=O)C=Cc2ccc(F)cc2)c(C)o1. The topological polar surface area (TPSA) is 62.5 Å². The van der Waals surface area contributed by atoms with Crippen molar-refractivity contribution in [1.29, 1.82) is 0 Å². The molecule has 2 N–H and O–H groups in total. The van der Waals surface area contributed by atoms with Crippen molar-refractivity contribution < 1.29 is 18.7 Å². The number of rotatable bonds is 5. The lowest BCUT2D eigenvalue weighted by molar-refractivity contribution is -0.117. The third-order valence-electron chi connectivity index (χ3n) is 3.53. The Balaban J connectivity index is 1.95. The molecule has 1 heterocycles. The number of hydrogen-bond donors (Lipinski definition) is 2. The number of nitrogens with one attached hydrogen (secondary N) is 1. The van der Waals surface area contributed by atoms with Gasteiger partial charge in [0.1, 0.15) is 22.9 Å². The van der Waals surface area contributed by atoms with E-state index in [1.807, 2.05) is 0 Å². The van der Waals surface area contributed by atoms with E-state index in [4.69, 9.17) is 4.42 Å². The third kappa shape index (κ3) is 4.53. The molecule has 1 amide bonds. The maximum Gasteiger partial charge on any atom is 0.244 e. The predicted molar refractivity (Wildman–Crippen MR) is 86.2 cm³/mol. The molecule has 0 spiro atoms. The Hall–Kier alpha value is -2.40. The van der Waals surface area contributed by atoms with Gasteiger partial charge in [-0.3, -0.25) is 4.79 Å². The van der Waals surface area contributed by atoms with Crippen LogP contribution < -0.4 is 5.32 Å². The Labute approximate surface area is 134 Å². The molecule has 1 aromatic heterocycles. The number of halogens is 1. The summed E-state index contributed by atoms with van der Waals surface area (Å²) in [6, 6.07) is 7.56. The van der Waals surface area contributed by atoms with Crippen LogP contribution in [0.25, 0.3) is 6.08 Å². The molecule has 1 unspecified atom stereocenters. The third-order valence-corrected chi connectivity index (χ3v) is 3.53. The summed E-state index contributed by atoms with van der Waals surface area (Å²) < 4.78 is 18.2. The van der Waals surface area contributed by atoms with Crippen molar-refractivity contribution in [2.24, 2.45) is 0 Å². The van der Waals surface area contributed by atoms with Gasteiger partial charge in [0.05, 0.1) is 6.54 Å². The van der Waals surface area contributed by atoms with Gasteiger partial charge in [0.25, 0.3) is 0 Å². The standard InChI is InChI=1S/C18H20FNO3/c1-12-10-16(13(2)23-12)18(3,22)11-20-17(21)9-6-14-4-7-15(19)8-5-14/h4-10,22H,11H2,1-3H3,(H,20,21). The van der Waals surface area contributed by atoms with E-state index in [-0.39, 0.29) is 18.3 Å². The Morgan fingerprint density at radius 3 is 2.57 bits per heavy atom. The first-order chi connectivity index (χ1) is 10.8. The zero-order valence-corrected chi connectivity index (χ0v) is 13.4. The predicted octanol–water partition coefficient (Wildman–Crippen LogP) is 3.07. The van der Waals surface area contributed by atoms with E-state index in [2.05, 4.69) is 5.32 Å². The fraction of sp³-hybridized carbons (Fsp3) is 0.278. The van der Waals surface area contributed by atoms with Crippen molar-refractivity contribution in [3.63, 3.8) is 0 Å². The van der Waals surface area contributed by atoms with Gasteiger partial charge in [-0.15, -0.1) is 0 Å². The van der Waals surface area contributed by atoms with Crippen LogP contribution >= 0.6 is 0 Å². The summed E-state index contributed by atoms with van der Waals surface area (Å²) in [5.74, 6) is 0.671. The molecule has 122 valence electrons. The van der Waals surface area contributed by atoms with Crippen LogP contribution in [0.2, 0.25) is 0 Å². The molecule has 23 heavy (non-hydrogen) atoms. The minimum atomic E-state index is -1.22. The van der Waals surface area contributed by atoms with Gasteiger partial charge in [-0.2, -0.15) is 0 Å². The van der Waals surface area contributed by atoms with E-state index in [9.17, 15) is 14.3 Å². The van der Waals surface area contributed by atoms with E-state index in [1.54, 1.807) is 45.0 Å². The second kappa shape index (κ2) is 6.79. The average molecular weight is 317 g/mol. The van der Waals surface area contributed by atoms with E-state index >= 15 is 0 Å². The number of amides is 1. The molecule has 1 atom stereocenters. The maximum atomic E-state index is 12.8. The van der Waals surface area contributed by atoms with Crippen LogP contribution in [0, 0.1) is 19.7 Å². The Bertz CT molecular complexity index is 714. The van der Waals surface area contributed by atoms with Gasteiger partial charge in [-0.25, -0.2) is 4.39 Å². The van der Waals surface area contributed by atoms with Gasteiger partial charge >= 0.3 is 0 Å². The number of hydrogen-bond acceptors (Lipinski definition) is 3. The lowest BCUT2D eigenvalue weighted by Crippen LogP contribution is -2.38. The second-order valence-corrected chi connectivity index (χ2v) is 5.70. The molecule has 0 saturated carbocycles. The highest BCUT2D eigenvalue weighted by Gasteiger charge is 2.27. The van der Waals surface area contributed by atoms with E-state index in [0.717, 1.165) is 5.56 Å². The molecule has 0 aliphatic rings. The highest BCUT2D eigenvalue weighted by atomic mass is 19.1. The summed E-state index contributed by atoms with van der Waals surface area (Å²) in [6.07, 6.45) is 2.92. The smallest absolute Gasteiger partial charge is 0.244 e. The molecule has 0 fully saturated rings. The molecular weight excluding hydrogens is 297 g/mol. The number of benzene rings is 1. The summed E-state index contributed by atoms with van der Waals surface area (Å²) in [5.41, 5.74) is 0.147. The lowest BCUT2D eigenvalue weighted by Gasteiger charge is -2.22. The van der Waals surface area contributed by atoms with Gasteiger partial charge in [0.2, 0.25) is 5.91 Å². The summed E-state index contributed by atoms with van der Waals surface area (Å²) in [7, 11) is 0. The molecule has 4 nitrogen and oxygen atoms in total. The number of furan rings is 1. The van der Waals surface area contributed by atoms with Crippen molar-refractivity contribution in [2.75, 3.05) is 6.54 Å². The summed E-state index contributed by atoms with van der Waals surface area (Å²) >= 11 is 0. The van der Waals surface area contributed by atoms with E-state index < -0.39 is 5.60 Å². The number of carbonyl (C=O) groups is 1. The number of aryl methyl sites for hydroxylation is 2. The van der Waals surface area contributed by atoms with Crippen LogP contribution in [0.1, 0.15) is 29.6 Å².